The van der Waals surface area contributed by atoms with Gasteiger partial charge in [-0.3, -0.25) is 0 Å². The molecule has 0 radical (unpaired) electrons. The Balaban J connectivity index is 4.30. The molecular weight excluding hydrogens is 267 g/mol. The summed E-state index contributed by atoms with van der Waals surface area (Å²) in [5.41, 5.74) is 0. The minimum atomic E-state index is -1.45. The monoisotopic (exact) mass is 276 g/mol. The van der Waals surface area contributed by atoms with Gasteiger partial charge in [-0.05, 0) is 18.1 Å². The molecule has 0 aromatic rings. The van der Waals surface area contributed by atoms with E-state index in [1.54, 1.807) is 21.6 Å². The molecule has 0 fully saturated rings. The minimum Gasteiger partial charge on any atom is -0.0963 e. The highest BCUT2D eigenvalue weighted by molar-refractivity contribution is 8.76. The molecule has 1 atom stereocenters. The molecule has 0 spiro atoms. The fraction of sp³-hybridized carbons (Fsp3) is 0.750. The van der Waals surface area contributed by atoms with Crippen LogP contribution in [0.5, 0.6) is 0 Å². The maximum absolute atomic E-state index is 5.52. The lowest BCUT2D eigenvalue weighted by molar-refractivity contribution is 0.692. The van der Waals surface area contributed by atoms with Gasteiger partial charge in [-0.2, -0.15) is 0 Å². The standard InChI is InChI=1S/C8H11Cl3S2/c1-6(2)7(13-12-3)4-5-8(9,10)11/h6-7H,1-3H3. The molecule has 5 heteroatoms. The van der Waals surface area contributed by atoms with E-state index >= 15 is 0 Å². The van der Waals surface area contributed by atoms with E-state index < -0.39 is 3.79 Å². The van der Waals surface area contributed by atoms with E-state index in [0.29, 0.717) is 5.92 Å². The Morgan fingerprint density at radius 3 is 2.08 bits per heavy atom. The quantitative estimate of drug-likeness (QED) is 0.426. The summed E-state index contributed by atoms with van der Waals surface area (Å²) in [6.07, 6.45) is 2.01. The molecule has 0 aliphatic heterocycles. The van der Waals surface area contributed by atoms with E-state index in [9.17, 15) is 0 Å². The van der Waals surface area contributed by atoms with Gasteiger partial charge in [-0.1, -0.05) is 76.2 Å². The summed E-state index contributed by atoms with van der Waals surface area (Å²) in [6.45, 7) is 4.20. The molecule has 0 aromatic heterocycles. The van der Waals surface area contributed by atoms with E-state index in [1.165, 1.54) is 0 Å². The Hall–Kier alpha value is 1.13. The van der Waals surface area contributed by atoms with Gasteiger partial charge < -0.3 is 0 Å². The number of alkyl halides is 3. The maximum Gasteiger partial charge on any atom is 0.252 e. The number of hydrogen-bond donors (Lipinski definition) is 0. The molecule has 0 aliphatic rings. The van der Waals surface area contributed by atoms with Gasteiger partial charge in [0.25, 0.3) is 3.79 Å². The first-order valence-electron chi connectivity index (χ1n) is 3.65. The summed E-state index contributed by atoms with van der Waals surface area (Å²) in [7, 11) is 3.37. The van der Waals surface area contributed by atoms with Gasteiger partial charge in [0, 0.05) is 0 Å². The highest BCUT2D eigenvalue weighted by Crippen LogP contribution is 2.30. The molecule has 0 saturated carbocycles. The molecule has 0 N–H and O–H groups in total. The van der Waals surface area contributed by atoms with Gasteiger partial charge >= 0.3 is 0 Å². The summed E-state index contributed by atoms with van der Waals surface area (Å²) in [5, 5.41) is 0.214. The van der Waals surface area contributed by atoms with Crippen LogP contribution in [0.4, 0.5) is 0 Å². The van der Waals surface area contributed by atoms with Crippen molar-refractivity contribution in [2.75, 3.05) is 6.26 Å². The number of rotatable bonds is 3. The maximum atomic E-state index is 5.52. The number of halogens is 3. The average Bonchev–Trinajstić information content (AvgIpc) is 1.95. The Morgan fingerprint density at radius 1 is 1.23 bits per heavy atom. The topological polar surface area (TPSA) is 0 Å². The second kappa shape index (κ2) is 6.58. The largest absolute Gasteiger partial charge is 0.252 e. The van der Waals surface area contributed by atoms with E-state index in [4.69, 9.17) is 34.8 Å². The van der Waals surface area contributed by atoms with Crippen LogP contribution in [0.3, 0.4) is 0 Å². The van der Waals surface area contributed by atoms with Crippen LogP contribution in [0, 0.1) is 17.8 Å². The van der Waals surface area contributed by atoms with Crippen molar-refractivity contribution in [3.05, 3.63) is 0 Å². The molecule has 0 aromatic carbocycles. The zero-order valence-corrected chi connectivity index (χ0v) is 11.5. The van der Waals surface area contributed by atoms with Crippen LogP contribution in [0.1, 0.15) is 13.8 Å². The lowest BCUT2D eigenvalue weighted by atomic mass is 10.1. The first kappa shape index (κ1) is 14.1. The van der Waals surface area contributed by atoms with Crippen molar-refractivity contribution < 1.29 is 0 Å². The molecule has 0 aliphatic carbocycles. The fourth-order valence-corrected chi connectivity index (χ4v) is 2.69. The second-order valence-corrected chi connectivity index (χ2v) is 7.59. The first-order chi connectivity index (χ1) is 5.87. The molecule has 76 valence electrons. The van der Waals surface area contributed by atoms with Gasteiger partial charge in [-0.25, -0.2) is 0 Å². The Morgan fingerprint density at radius 2 is 1.77 bits per heavy atom. The summed E-state index contributed by atoms with van der Waals surface area (Å²) in [5.74, 6) is 6.01. The molecule has 1 unspecified atom stereocenters. The lowest BCUT2D eigenvalue weighted by Gasteiger charge is -2.12. The van der Waals surface area contributed by atoms with E-state index in [-0.39, 0.29) is 5.25 Å². The first-order valence-corrected chi connectivity index (χ1v) is 7.41. The van der Waals surface area contributed by atoms with Crippen LogP contribution in [0.2, 0.25) is 0 Å². The molecule has 13 heavy (non-hydrogen) atoms. The lowest BCUT2D eigenvalue weighted by Crippen LogP contribution is -2.08. The minimum absolute atomic E-state index is 0.214. The second-order valence-electron chi connectivity index (χ2n) is 2.69. The van der Waals surface area contributed by atoms with Crippen molar-refractivity contribution in [3.63, 3.8) is 0 Å². The Labute approximate surface area is 103 Å². The predicted octanol–water partition coefficient (Wildman–Crippen LogP) is 4.40. The van der Waals surface area contributed by atoms with Crippen LogP contribution in [0.15, 0.2) is 0 Å². The molecule has 0 amide bonds. The highest BCUT2D eigenvalue weighted by Gasteiger charge is 2.16. The van der Waals surface area contributed by atoms with Crippen LogP contribution in [0.25, 0.3) is 0 Å². The highest BCUT2D eigenvalue weighted by atomic mass is 35.6. The third-order valence-electron chi connectivity index (χ3n) is 1.16. The average molecular weight is 278 g/mol. The zero-order valence-electron chi connectivity index (χ0n) is 7.61. The molecule has 0 saturated heterocycles. The van der Waals surface area contributed by atoms with Crippen molar-refractivity contribution in [1.82, 2.24) is 0 Å². The number of hydrogen-bond acceptors (Lipinski definition) is 2. The van der Waals surface area contributed by atoms with Crippen LogP contribution >= 0.6 is 56.4 Å². The van der Waals surface area contributed by atoms with Crippen molar-refractivity contribution in [1.29, 1.82) is 0 Å². The molecule has 0 heterocycles. The van der Waals surface area contributed by atoms with E-state index in [1.807, 2.05) is 6.26 Å². The summed E-state index contributed by atoms with van der Waals surface area (Å²) >= 11 is 16.6. The van der Waals surface area contributed by atoms with E-state index in [0.717, 1.165) is 0 Å². The van der Waals surface area contributed by atoms with Crippen LogP contribution in [-0.2, 0) is 0 Å². The molecule has 0 nitrogen and oxygen atoms in total. The van der Waals surface area contributed by atoms with Gasteiger partial charge in [0.15, 0.2) is 0 Å². The normalized spacial score (nSPS) is 13.8. The van der Waals surface area contributed by atoms with Crippen LogP contribution in [-0.4, -0.2) is 15.3 Å². The zero-order chi connectivity index (χ0) is 10.5. The summed E-state index contributed by atoms with van der Waals surface area (Å²) < 4.78 is -1.45. The Bertz CT molecular complexity index is 200. The molecule has 0 bridgehead atoms. The third kappa shape index (κ3) is 8.15. The van der Waals surface area contributed by atoms with Gasteiger partial charge in [0.2, 0.25) is 0 Å². The van der Waals surface area contributed by atoms with Gasteiger partial charge in [0.1, 0.15) is 0 Å². The SMILES string of the molecule is CSSC(C#CC(Cl)(Cl)Cl)C(C)C. The van der Waals surface area contributed by atoms with E-state index in [2.05, 4.69) is 25.7 Å². The summed E-state index contributed by atoms with van der Waals surface area (Å²) in [4.78, 5) is 0. The predicted molar refractivity (Wildman–Crippen MR) is 67.8 cm³/mol. The summed E-state index contributed by atoms with van der Waals surface area (Å²) in [6, 6.07) is 0. The molecular formula is C8H11Cl3S2. The fourth-order valence-electron chi connectivity index (χ4n) is 0.558. The van der Waals surface area contributed by atoms with Crippen molar-refractivity contribution in [2.24, 2.45) is 5.92 Å². The smallest absolute Gasteiger partial charge is 0.0963 e. The van der Waals surface area contributed by atoms with Crippen LogP contribution < -0.4 is 0 Å². The van der Waals surface area contributed by atoms with Gasteiger partial charge in [0.05, 0.1) is 5.25 Å². The van der Waals surface area contributed by atoms with Crippen molar-refractivity contribution in [3.8, 4) is 11.8 Å². The Kier molecular flexibility index (Phi) is 7.16. The molecule has 0 rings (SSSR count). The van der Waals surface area contributed by atoms with Gasteiger partial charge in [-0.15, -0.1) is 0 Å². The van der Waals surface area contributed by atoms with Crippen molar-refractivity contribution in [2.45, 2.75) is 22.9 Å². The van der Waals surface area contributed by atoms with Crippen molar-refractivity contribution >= 4 is 56.4 Å². The third-order valence-corrected chi connectivity index (χ3v) is 3.71.